The first-order chi connectivity index (χ1) is 7.86. The standard InChI is InChI=1S/C12H14N4/c13-5-10-6-15-12(7-14-10)16(11-3-4-11)8-9-1-2-9/h6-7,9,11H,1-4,8H2. The van der Waals surface area contributed by atoms with Gasteiger partial charge in [-0.3, -0.25) is 0 Å². The Balaban J connectivity index is 1.78. The number of hydrogen-bond acceptors (Lipinski definition) is 4. The molecule has 2 aliphatic rings. The summed E-state index contributed by atoms with van der Waals surface area (Å²) in [5, 5.41) is 8.68. The summed E-state index contributed by atoms with van der Waals surface area (Å²) in [5.74, 6) is 1.80. The predicted molar refractivity (Wildman–Crippen MR) is 59.8 cm³/mol. The van der Waals surface area contributed by atoms with Crippen LogP contribution < -0.4 is 4.90 Å². The van der Waals surface area contributed by atoms with E-state index in [0.29, 0.717) is 11.7 Å². The lowest BCUT2D eigenvalue weighted by Crippen LogP contribution is -2.29. The van der Waals surface area contributed by atoms with E-state index in [9.17, 15) is 0 Å². The number of nitriles is 1. The van der Waals surface area contributed by atoms with Crippen LogP contribution in [0.1, 0.15) is 31.4 Å². The predicted octanol–water partition coefficient (Wildman–Crippen LogP) is 1.73. The zero-order valence-corrected chi connectivity index (χ0v) is 9.13. The van der Waals surface area contributed by atoms with E-state index in [4.69, 9.17) is 5.26 Å². The molecule has 82 valence electrons. The Labute approximate surface area is 94.9 Å². The Kier molecular flexibility index (Phi) is 2.24. The minimum Gasteiger partial charge on any atom is -0.352 e. The molecule has 0 bridgehead atoms. The molecule has 16 heavy (non-hydrogen) atoms. The topological polar surface area (TPSA) is 52.8 Å². The maximum absolute atomic E-state index is 8.68. The lowest BCUT2D eigenvalue weighted by molar-refractivity contribution is 0.706. The molecule has 4 nitrogen and oxygen atoms in total. The van der Waals surface area contributed by atoms with Gasteiger partial charge in [-0.1, -0.05) is 0 Å². The third kappa shape index (κ3) is 1.99. The molecule has 4 heteroatoms. The minimum atomic E-state index is 0.394. The van der Waals surface area contributed by atoms with Crippen molar-refractivity contribution in [1.82, 2.24) is 9.97 Å². The van der Waals surface area contributed by atoms with Crippen LogP contribution in [0.5, 0.6) is 0 Å². The smallest absolute Gasteiger partial charge is 0.158 e. The Hall–Kier alpha value is -1.63. The zero-order valence-electron chi connectivity index (χ0n) is 9.13. The second-order valence-electron chi connectivity index (χ2n) is 4.70. The quantitative estimate of drug-likeness (QED) is 0.766. The third-order valence-electron chi connectivity index (χ3n) is 3.19. The van der Waals surface area contributed by atoms with Gasteiger partial charge in [-0.15, -0.1) is 0 Å². The van der Waals surface area contributed by atoms with Gasteiger partial charge in [-0.05, 0) is 31.6 Å². The van der Waals surface area contributed by atoms with Crippen molar-refractivity contribution in [3.05, 3.63) is 18.1 Å². The molecule has 2 aliphatic carbocycles. The number of rotatable bonds is 4. The van der Waals surface area contributed by atoms with Gasteiger partial charge in [0.25, 0.3) is 0 Å². The van der Waals surface area contributed by atoms with E-state index in [0.717, 1.165) is 18.3 Å². The fraction of sp³-hybridized carbons (Fsp3) is 0.583. The first-order valence-electron chi connectivity index (χ1n) is 5.85. The summed E-state index contributed by atoms with van der Waals surface area (Å²) >= 11 is 0. The van der Waals surface area contributed by atoms with Crippen LogP contribution in [0.25, 0.3) is 0 Å². The zero-order chi connectivity index (χ0) is 11.0. The van der Waals surface area contributed by atoms with Gasteiger partial charge in [0.2, 0.25) is 0 Å². The fourth-order valence-corrected chi connectivity index (χ4v) is 1.92. The van der Waals surface area contributed by atoms with Crippen LogP contribution in [-0.4, -0.2) is 22.6 Å². The molecule has 0 radical (unpaired) electrons. The molecule has 0 aliphatic heterocycles. The molecule has 1 aromatic heterocycles. The Bertz CT molecular complexity index is 412. The summed E-state index contributed by atoms with van der Waals surface area (Å²) in [6.07, 6.45) is 8.56. The van der Waals surface area contributed by atoms with Crippen molar-refractivity contribution in [3.63, 3.8) is 0 Å². The maximum Gasteiger partial charge on any atom is 0.158 e. The molecule has 2 saturated carbocycles. The molecule has 3 rings (SSSR count). The highest BCUT2D eigenvalue weighted by molar-refractivity contribution is 5.40. The first-order valence-corrected chi connectivity index (χ1v) is 5.85. The van der Waals surface area contributed by atoms with Crippen LogP contribution >= 0.6 is 0 Å². The number of hydrogen-bond donors (Lipinski definition) is 0. The van der Waals surface area contributed by atoms with Crippen molar-refractivity contribution in [2.24, 2.45) is 5.92 Å². The highest BCUT2D eigenvalue weighted by Gasteiger charge is 2.34. The van der Waals surface area contributed by atoms with Crippen molar-refractivity contribution in [1.29, 1.82) is 5.26 Å². The number of nitrogens with zero attached hydrogens (tertiary/aromatic N) is 4. The third-order valence-corrected chi connectivity index (χ3v) is 3.19. The minimum absolute atomic E-state index is 0.394. The van der Waals surface area contributed by atoms with E-state index < -0.39 is 0 Å². The summed E-state index contributed by atoms with van der Waals surface area (Å²) in [6.45, 7) is 1.12. The molecule has 0 spiro atoms. The van der Waals surface area contributed by atoms with Gasteiger partial charge in [0.05, 0.1) is 12.4 Å². The molecule has 1 aromatic rings. The van der Waals surface area contributed by atoms with Crippen molar-refractivity contribution in [2.75, 3.05) is 11.4 Å². The summed E-state index contributed by atoms with van der Waals surface area (Å²) in [6, 6.07) is 2.67. The van der Waals surface area contributed by atoms with Crippen LogP contribution in [0.15, 0.2) is 12.4 Å². The molecular formula is C12H14N4. The Morgan fingerprint density at radius 3 is 2.56 bits per heavy atom. The van der Waals surface area contributed by atoms with Crippen LogP contribution in [0.2, 0.25) is 0 Å². The highest BCUT2D eigenvalue weighted by Crippen LogP contribution is 2.36. The largest absolute Gasteiger partial charge is 0.352 e. The summed E-state index contributed by atoms with van der Waals surface area (Å²) < 4.78 is 0. The van der Waals surface area contributed by atoms with Crippen LogP contribution in [0.3, 0.4) is 0 Å². The number of anilines is 1. The van der Waals surface area contributed by atoms with Gasteiger partial charge < -0.3 is 4.90 Å². The molecule has 0 amide bonds. The van der Waals surface area contributed by atoms with Gasteiger partial charge in [-0.2, -0.15) is 5.26 Å². The normalized spacial score (nSPS) is 19.2. The Morgan fingerprint density at radius 2 is 2.06 bits per heavy atom. The molecule has 0 aromatic carbocycles. The van der Waals surface area contributed by atoms with Crippen molar-refractivity contribution in [3.8, 4) is 6.07 Å². The van der Waals surface area contributed by atoms with Crippen molar-refractivity contribution >= 4 is 5.82 Å². The number of aromatic nitrogens is 2. The molecule has 1 heterocycles. The highest BCUT2D eigenvalue weighted by atomic mass is 15.2. The molecule has 0 saturated heterocycles. The molecule has 0 atom stereocenters. The molecule has 0 N–H and O–H groups in total. The van der Waals surface area contributed by atoms with E-state index in [2.05, 4.69) is 14.9 Å². The van der Waals surface area contributed by atoms with Crippen LogP contribution in [-0.2, 0) is 0 Å². The average molecular weight is 214 g/mol. The SMILES string of the molecule is N#Cc1cnc(N(CC2CC2)C2CC2)cn1. The van der Waals surface area contributed by atoms with Gasteiger partial charge in [0, 0.05) is 12.6 Å². The van der Waals surface area contributed by atoms with E-state index in [1.807, 2.05) is 6.07 Å². The van der Waals surface area contributed by atoms with Gasteiger partial charge in [-0.25, -0.2) is 9.97 Å². The monoisotopic (exact) mass is 214 g/mol. The lowest BCUT2D eigenvalue weighted by atomic mass is 10.3. The van der Waals surface area contributed by atoms with E-state index in [1.165, 1.54) is 25.7 Å². The second-order valence-corrected chi connectivity index (χ2v) is 4.70. The fourth-order valence-electron chi connectivity index (χ4n) is 1.92. The second kappa shape index (κ2) is 3.75. The van der Waals surface area contributed by atoms with E-state index in [-0.39, 0.29) is 0 Å². The Morgan fingerprint density at radius 1 is 1.25 bits per heavy atom. The molecular weight excluding hydrogens is 200 g/mol. The van der Waals surface area contributed by atoms with Gasteiger partial charge in [0.15, 0.2) is 5.69 Å². The first kappa shape index (κ1) is 9.59. The van der Waals surface area contributed by atoms with Crippen molar-refractivity contribution in [2.45, 2.75) is 31.7 Å². The summed E-state index contributed by atoms with van der Waals surface area (Å²) in [7, 11) is 0. The van der Waals surface area contributed by atoms with E-state index >= 15 is 0 Å². The van der Waals surface area contributed by atoms with Crippen molar-refractivity contribution < 1.29 is 0 Å². The van der Waals surface area contributed by atoms with E-state index in [1.54, 1.807) is 12.4 Å². The van der Waals surface area contributed by atoms with Crippen LogP contribution in [0.4, 0.5) is 5.82 Å². The van der Waals surface area contributed by atoms with Gasteiger partial charge in [0.1, 0.15) is 11.9 Å². The maximum atomic E-state index is 8.68. The van der Waals surface area contributed by atoms with Gasteiger partial charge >= 0.3 is 0 Å². The average Bonchev–Trinajstić information content (AvgIpc) is 3.16. The lowest BCUT2D eigenvalue weighted by Gasteiger charge is -2.22. The summed E-state index contributed by atoms with van der Waals surface area (Å²) in [4.78, 5) is 10.8. The molecule has 2 fully saturated rings. The summed E-state index contributed by atoms with van der Waals surface area (Å²) in [5.41, 5.74) is 0.394. The van der Waals surface area contributed by atoms with Crippen LogP contribution in [0, 0.1) is 17.2 Å². The molecule has 0 unspecified atom stereocenters.